The van der Waals surface area contributed by atoms with Gasteiger partial charge in [-0.25, -0.2) is 13.1 Å². The highest BCUT2D eigenvalue weighted by Crippen LogP contribution is 2.17. The molecule has 0 aromatic heterocycles. The van der Waals surface area contributed by atoms with E-state index in [1.165, 1.54) is 7.11 Å². The second-order valence-electron chi connectivity index (χ2n) is 6.54. The molecule has 0 saturated carbocycles. The van der Waals surface area contributed by atoms with Crippen molar-refractivity contribution in [3.63, 3.8) is 0 Å². The molecular formula is C18H30ClN3O4S. The highest BCUT2D eigenvalue weighted by molar-refractivity contribution is 7.89. The van der Waals surface area contributed by atoms with Gasteiger partial charge in [-0.1, -0.05) is 12.1 Å². The van der Waals surface area contributed by atoms with Gasteiger partial charge in [0.25, 0.3) is 0 Å². The van der Waals surface area contributed by atoms with Gasteiger partial charge in [-0.2, -0.15) is 0 Å². The van der Waals surface area contributed by atoms with E-state index in [1.807, 2.05) is 0 Å². The highest BCUT2D eigenvalue weighted by atomic mass is 35.5. The van der Waals surface area contributed by atoms with Crippen LogP contribution in [0.4, 0.5) is 0 Å². The van der Waals surface area contributed by atoms with Crippen molar-refractivity contribution in [2.45, 2.75) is 37.1 Å². The third-order valence-corrected chi connectivity index (χ3v) is 6.04. The quantitative estimate of drug-likeness (QED) is 0.498. The third-order valence-electron chi connectivity index (χ3n) is 4.56. The minimum absolute atomic E-state index is 0. The molecule has 1 fully saturated rings. The van der Waals surface area contributed by atoms with Gasteiger partial charge in [-0.15, -0.1) is 12.4 Å². The molecule has 0 aliphatic carbocycles. The molecule has 0 atom stereocenters. The lowest BCUT2D eigenvalue weighted by Crippen LogP contribution is -2.29. The molecule has 0 radical (unpaired) electrons. The minimum Gasteiger partial charge on any atom is -0.383 e. The van der Waals surface area contributed by atoms with Crippen LogP contribution in [0.25, 0.3) is 0 Å². The molecule has 1 aliphatic heterocycles. The molecule has 2 rings (SSSR count). The Morgan fingerprint density at radius 1 is 1.22 bits per heavy atom. The van der Waals surface area contributed by atoms with Crippen LogP contribution in [0.2, 0.25) is 0 Å². The number of rotatable bonds is 10. The van der Waals surface area contributed by atoms with Crippen LogP contribution in [0.15, 0.2) is 29.2 Å². The number of ether oxygens (including phenoxy) is 1. The second-order valence-corrected chi connectivity index (χ2v) is 8.31. The van der Waals surface area contributed by atoms with E-state index in [9.17, 15) is 13.2 Å². The number of piperidine rings is 1. The summed E-state index contributed by atoms with van der Waals surface area (Å²) in [5.41, 5.74) is 0.871. The zero-order valence-corrected chi connectivity index (χ0v) is 17.3. The molecule has 0 unspecified atom stereocenters. The first-order chi connectivity index (χ1) is 12.5. The normalized spacial score (nSPS) is 15.1. The molecule has 0 bridgehead atoms. The molecule has 9 heteroatoms. The first-order valence-corrected chi connectivity index (χ1v) is 10.5. The fourth-order valence-electron chi connectivity index (χ4n) is 2.94. The van der Waals surface area contributed by atoms with Crippen molar-refractivity contribution < 1.29 is 17.9 Å². The SMILES string of the molecule is COCCNS(=O)(=O)c1ccc(CNC(=O)CCC2CCNCC2)cc1.Cl. The standard InChI is InChI=1S/C18H29N3O4S.ClH/c1-25-13-12-21-26(23,24)17-5-2-16(3-6-17)14-20-18(22)7-4-15-8-10-19-11-9-15;/h2-3,5-6,15,19,21H,4,7-14H2,1H3,(H,20,22);1H. The van der Waals surface area contributed by atoms with Crippen molar-refractivity contribution in [3.8, 4) is 0 Å². The number of carbonyl (C=O) groups excluding carboxylic acids is 1. The summed E-state index contributed by atoms with van der Waals surface area (Å²) in [5, 5.41) is 6.23. The Bertz CT molecular complexity index is 662. The average Bonchev–Trinajstić information content (AvgIpc) is 2.66. The van der Waals surface area contributed by atoms with Crippen LogP contribution in [0.5, 0.6) is 0 Å². The fraction of sp³-hybridized carbons (Fsp3) is 0.611. The summed E-state index contributed by atoms with van der Waals surface area (Å²) in [4.78, 5) is 12.2. The van der Waals surface area contributed by atoms with Crippen molar-refractivity contribution in [3.05, 3.63) is 29.8 Å². The van der Waals surface area contributed by atoms with E-state index in [0.717, 1.165) is 37.9 Å². The van der Waals surface area contributed by atoms with Gasteiger partial charge >= 0.3 is 0 Å². The Hall–Kier alpha value is -1.19. The molecule has 1 aromatic carbocycles. The third kappa shape index (κ3) is 8.57. The molecule has 3 N–H and O–H groups in total. The van der Waals surface area contributed by atoms with Gasteiger partial charge in [0, 0.05) is 26.6 Å². The van der Waals surface area contributed by atoms with Crippen molar-refractivity contribution in [2.75, 3.05) is 33.4 Å². The summed E-state index contributed by atoms with van der Waals surface area (Å²) in [5.74, 6) is 0.679. The number of nitrogens with one attached hydrogen (secondary N) is 3. The maximum Gasteiger partial charge on any atom is 0.240 e. The number of carbonyl (C=O) groups is 1. The van der Waals surface area contributed by atoms with Crippen LogP contribution >= 0.6 is 12.4 Å². The van der Waals surface area contributed by atoms with E-state index < -0.39 is 10.0 Å². The van der Waals surface area contributed by atoms with Gasteiger partial charge in [-0.3, -0.25) is 4.79 Å². The molecule has 7 nitrogen and oxygen atoms in total. The van der Waals surface area contributed by atoms with Gasteiger partial charge < -0.3 is 15.4 Å². The minimum atomic E-state index is -3.52. The Balaban J connectivity index is 0.00000364. The Morgan fingerprint density at radius 3 is 2.52 bits per heavy atom. The lowest BCUT2D eigenvalue weighted by molar-refractivity contribution is -0.121. The number of sulfonamides is 1. The topological polar surface area (TPSA) is 96.5 Å². The largest absolute Gasteiger partial charge is 0.383 e. The molecule has 154 valence electrons. The van der Waals surface area contributed by atoms with E-state index in [-0.39, 0.29) is 29.8 Å². The van der Waals surface area contributed by atoms with Crippen LogP contribution in [0, 0.1) is 5.92 Å². The lowest BCUT2D eigenvalue weighted by Gasteiger charge is -2.22. The predicted octanol–water partition coefficient (Wildman–Crippen LogP) is 1.43. The first kappa shape index (κ1) is 23.8. The van der Waals surface area contributed by atoms with Crippen LogP contribution in [0.3, 0.4) is 0 Å². The fourth-order valence-corrected chi connectivity index (χ4v) is 3.96. The number of halogens is 1. The zero-order valence-electron chi connectivity index (χ0n) is 15.7. The molecule has 1 aromatic rings. The summed E-state index contributed by atoms with van der Waals surface area (Å²) in [6.45, 7) is 3.04. The predicted molar refractivity (Wildman–Crippen MR) is 107 cm³/mol. The maximum absolute atomic E-state index is 12.1. The van der Waals surface area contributed by atoms with Crippen molar-refractivity contribution in [2.24, 2.45) is 5.92 Å². The van der Waals surface area contributed by atoms with Crippen LogP contribution in [-0.2, 0) is 26.1 Å². The molecule has 1 heterocycles. The molecule has 1 saturated heterocycles. The van der Waals surface area contributed by atoms with Crippen LogP contribution in [-0.4, -0.2) is 47.7 Å². The summed E-state index contributed by atoms with van der Waals surface area (Å²) in [6, 6.07) is 6.53. The Kier molecular flexibility index (Phi) is 10.9. The number of benzene rings is 1. The van der Waals surface area contributed by atoms with E-state index in [4.69, 9.17) is 4.74 Å². The first-order valence-electron chi connectivity index (χ1n) is 9.06. The zero-order chi connectivity index (χ0) is 18.8. The monoisotopic (exact) mass is 419 g/mol. The van der Waals surface area contributed by atoms with E-state index >= 15 is 0 Å². The second kappa shape index (κ2) is 12.3. The van der Waals surface area contributed by atoms with E-state index in [2.05, 4.69) is 15.4 Å². The van der Waals surface area contributed by atoms with E-state index in [1.54, 1.807) is 24.3 Å². The summed E-state index contributed by atoms with van der Waals surface area (Å²) in [7, 11) is -2.01. The van der Waals surface area contributed by atoms with Gasteiger partial charge in [0.15, 0.2) is 0 Å². The Labute approximate surface area is 168 Å². The van der Waals surface area contributed by atoms with Gasteiger partial charge in [-0.05, 0) is 56.0 Å². The number of methoxy groups -OCH3 is 1. The average molecular weight is 420 g/mol. The van der Waals surface area contributed by atoms with E-state index in [0.29, 0.717) is 25.5 Å². The number of hydrogen-bond acceptors (Lipinski definition) is 5. The van der Waals surface area contributed by atoms with Crippen LogP contribution in [0.1, 0.15) is 31.2 Å². The van der Waals surface area contributed by atoms with Crippen molar-refractivity contribution in [1.82, 2.24) is 15.4 Å². The summed E-state index contributed by atoms with van der Waals surface area (Å²) >= 11 is 0. The van der Waals surface area contributed by atoms with Gasteiger partial charge in [0.2, 0.25) is 15.9 Å². The van der Waals surface area contributed by atoms with Gasteiger partial charge in [0.1, 0.15) is 0 Å². The number of hydrogen-bond donors (Lipinski definition) is 3. The van der Waals surface area contributed by atoms with Crippen molar-refractivity contribution in [1.29, 1.82) is 0 Å². The molecular weight excluding hydrogens is 390 g/mol. The van der Waals surface area contributed by atoms with Crippen molar-refractivity contribution >= 4 is 28.3 Å². The highest BCUT2D eigenvalue weighted by Gasteiger charge is 2.15. The molecule has 0 spiro atoms. The number of amides is 1. The lowest BCUT2D eigenvalue weighted by atomic mass is 9.93. The van der Waals surface area contributed by atoms with Crippen LogP contribution < -0.4 is 15.4 Å². The van der Waals surface area contributed by atoms with Gasteiger partial charge in [0.05, 0.1) is 11.5 Å². The smallest absolute Gasteiger partial charge is 0.240 e. The molecule has 1 amide bonds. The summed E-state index contributed by atoms with van der Waals surface area (Å²) in [6.07, 6.45) is 3.75. The summed E-state index contributed by atoms with van der Waals surface area (Å²) < 4.78 is 31.5. The maximum atomic E-state index is 12.1. The molecule has 1 aliphatic rings. The Morgan fingerprint density at radius 2 is 1.89 bits per heavy atom. The molecule has 27 heavy (non-hydrogen) atoms.